The van der Waals surface area contributed by atoms with E-state index in [-0.39, 0.29) is 10.6 Å². The average Bonchev–Trinajstić information content (AvgIpc) is 2.62. The number of nitro groups is 1. The number of hydrogen-bond acceptors (Lipinski definition) is 7. The molecule has 1 aromatic carbocycles. The monoisotopic (exact) mass is 349 g/mol. The van der Waals surface area contributed by atoms with Crippen LogP contribution in [0.25, 0.3) is 0 Å². The molecular formula is C14H15N5O4S. The lowest BCUT2D eigenvalue weighted by Gasteiger charge is -2.33. The van der Waals surface area contributed by atoms with Crippen molar-refractivity contribution in [3.05, 3.63) is 52.8 Å². The van der Waals surface area contributed by atoms with E-state index in [4.69, 9.17) is 0 Å². The minimum absolute atomic E-state index is 0.0533. The van der Waals surface area contributed by atoms with Crippen LogP contribution in [-0.4, -0.2) is 53.8 Å². The smallest absolute Gasteiger partial charge is 0.269 e. The number of non-ortho nitro benzene ring substituents is 1. The Labute approximate surface area is 138 Å². The molecule has 0 unspecified atom stereocenters. The Balaban J connectivity index is 1.72. The zero-order valence-electron chi connectivity index (χ0n) is 12.6. The van der Waals surface area contributed by atoms with Gasteiger partial charge in [-0.1, -0.05) is 0 Å². The number of sulfonamides is 1. The van der Waals surface area contributed by atoms with Gasteiger partial charge in [0.2, 0.25) is 16.0 Å². The Morgan fingerprint density at radius 2 is 1.58 bits per heavy atom. The lowest BCUT2D eigenvalue weighted by Crippen LogP contribution is -2.49. The van der Waals surface area contributed by atoms with Gasteiger partial charge in [-0.25, -0.2) is 18.4 Å². The Kier molecular flexibility index (Phi) is 4.40. The maximum absolute atomic E-state index is 12.6. The van der Waals surface area contributed by atoms with Crippen molar-refractivity contribution in [2.75, 3.05) is 31.1 Å². The van der Waals surface area contributed by atoms with Gasteiger partial charge in [0, 0.05) is 50.7 Å². The number of nitrogens with zero attached hydrogens (tertiary/aromatic N) is 5. The Morgan fingerprint density at radius 1 is 1.00 bits per heavy atom. The van der Waals surface area contributed by atoms with Crippen LogP contribution in [0.1, 0.15) is 0 Å². The minimum atomic E-state index is -3.67. The highest BCUT2D eigenvalue weighted by Crippen LogP contribution is 2.21. The first-order valence-corrected chi connectivity index (χ1v) is 8.69. The van der Waals surface area contributed by atoms with Gasteiger partial charge in [0.25, 0.3) is 5.69 Å². The average molecular weight is 349 g/mol. The molecule has 1 fully saturated rings. The van der Waals surface area contributed by atoms with E-state index in [2.05, 4.69) is 9.97 Å². The molecule has 126 valence electrons. The van der Waals surface area contributed by atoms with E-state index < -0.39 is 14.9 Å². The Hall–Kier alpha value is -2.59. The summed E-state index contributed by atoms with van der Waals surface area (Å²) in [5.41, 5.74) is -0.139. The summed E-state index contributed by atoms with van der Waals surface area (Å²) in [5.74, 6) is 0.574. The second-order valence-corrected chi connectivity index (χ2v) is 7.13. The van der Waals surface area contributed by atoms with Crippen molar-refractivity contribution in [3.63, 3.8) is 0 Å². The fourth-order valence-corrected chi connectivity index (χ4v) is 3.89. The van der Waals surface area contributed by atoms with E-state index in [1.807, 2.05) is 4.90 Å². The van der Waals surface area contributed by atoms with Crippen LogP contribution in [0.3, 0.4) is 0 Å². The van der Waals surface area contributed by atoms with E-state index in [0.29, 0.717) is 32.1 Å². The third-order valence-electron chi connectivity index (χ3n) is 3.76. The molecular weight excluding hydrogens is 334 g/mol. The van der Waals surface area contributed by atoms with Crippen LogP contribution < -0.4 is 4.90 Å². The van der Waals surface area contributed by atoms with Crippen LogP contribution in [0.4, 0.5) is 11.6 Å². The van der Waals surface area contributed by atoms with Gasteiger partial charge in [-0.05, 0) is 18.2 Å². The predicted molar refractivity (Wildman–Crippen MR) is 86.1 cm³/mol. The molecule has 0 atom stereocenters. The first-order chi connectivity index (χ1) is 11.5. The molecule has 0 aliphatic carbocycles. The number of aromatic nitrogens is 2. The highest BCUT2D eigenvalue weighted by atomic mass is 32.2. The van der Waals surface area contributed by atoms with Crippen LogP contribution in [0.2, 0.25) is 0 Å². The SMILES string of the molecule is O=[N+]([O-])c1ccc(S(=O)(=O)N2CCN(c3ncccn3)CC2)cc1. The van der Waals surface area contributed by atoms with Gasteiger partial charge in [0.15, 0.2) is 0 Å². The van der Waals surface area contributed by atoms with Crippen LogP contribution >= 0.6 is 0 Å². The standard InChI is InChI=1S/C14H15N5O4S/c20-19(21)12-2-4-13(5-3-12)24(22,23)18-10-8-17(9-11-18)14-15-6-1-7-16-14/h1-7H,8-11H2. The lowest BCUT2D eigenvalue weighted by molar-refractivity contribution is -0.384. The number of anilines is 1. The molecule has 24 heavy (non-hydrogen) atoms. The second-order valence-electron chi connectivity index (χ2n) is 5.19. The zero-order valence-corrected chi connectivity index (χ0v) is 13.5. The molecule has 2 aromatic rings. The topological polar surface area (TPSA) is 110 Å². The summed E-state index contributed by atoms with van der Waals surface area (Å²) in [6.07, 6.45) is 3.28. The van der Waals surface area contributed by atoms with Crippen LogP contribution in [-0.2, 0) is 10.0 Å². The normalized spacial score (nSPS) is 16.1. The largest absolute Gasteiger partial charge is 0.338 e. The van der Waals surface area contributed by atoms with Gasteiger partial charge in [-0.15, -0.1) is 0 Å². The molecule has 10 heteroatoms. The molecule has 0 amide bonds. The third kappa shape index (κ3) is 3.19. The van der Waals surface area contributed by atoms with Crippen molar-refractivity contribution in [2.45, 2.75) is 4.90 Å². The highest BCUT2D eigenvalue weighted by molar-refractivity contribution is 7.89. The summed E-state index contributed by atoms with van der Waals surface area (Å²) >= 11 is 0. The number of rotatable bonds is 4. The summed E-state index contributed by atoms with van der Waals surface area (Å²) in [4.78, 5) is 20.4. The molecule has 0 bridgehead atoms. The van der Waals surface area contributed by atoms with Crippen LogP contribution in [0.5, 0.6) is 0 Å². The van der Waals surface area contributed by atoms with E-state index in [0.717, 1.165) is 0 Å². The summed E-state index contributed by atoms with van der Waals surface area (Å²) < 4.78 is 26.6. The van der Waals surface area contributed by atoms with E-state index >= 15 is 0 Å². The molecule has 3 rings (SSSR count). The summed E-state index contributed by atoms with van der Waals surface area (Å²) in [5, 5.41) is 10.7. The Morgan fingerprint density at radius 3 is 2.12 bits per heavy atom. The van der Waals surface area contributed by atoms with Crippen LogP contribution in [0.15, 0.2) is 47.6 Å². The first kappa shape index (κ1) is 16.3. The van der Waals surface area contributed by atoms with Gasteiger partial charge >= 0.3 is 0 Å². The predicted octanol–water partition coefficient (Wildman–Crippen LogP) is 0.896. The van der Waals surface area contributed by atoms with Crippen molar-refractivity contribution >= 4 is 21.7 Å². The number of benzene rings is 1. The quantitative estimate of drug-likeness (QED) is 0.595. The van der Waals surface area contributed by atoms with Gasteiger partial charge in [0.05, 0.1) is 9.82 Å². The van der Waals surface area contributed by atoms with Crippen molar-refractivity contribution < 1.29 is 13.3 Å². The maximum Gasteiger partial charge on any atom is 0.269 e. The molecule has 1 aliphatic heterocycles. The lowest BCUT2D eigenvalue weighted by atomic mass is 10.3. The molecule has 0 spiro atoms. The first-order valence-electron chi connectivity index (χ1n) is 7.25. The highest BCUT2D eigenvalue weighted by Gasteiger charge is 2.29. The molecule has 1 saturated heterocycles. The van der Waals surface area contributed by atoms with Gasteiger partial charge < -0.3 is 4.90 Å². The molecule has 2 heterocycles. The van der Waals surface area contributed by atoms with Crippen LogP contribution in [0, 0.1) is 10.1 Å². The third-order valence-corrected chi connectivity index (χ3v) is 5.67. The summed E-state index contributed by atoms with van der Waals surface area (Å²) in [6.45, 7) is 1.57. The fourth-order valence-electron chi connectivity index (χ4n) is 2.47. The van der Waals surface area contributed by atoms with E-state index in [9.17, 15) is 18.5 Å². The van der Waals surface area contributed by atoms with Gasteiger partial charge in [-0.2, -0.15) is 4.31 Å². The fraction of sp³-hybridized carbons (Fsp3) is 0.286. The molecule has 1 aliphatic rings. The van der Waals surface area contributed by atoms with Gasteiger partial charge in [-0.3, -0.25) is 10.1 Å². The van der Waals surface area contributed by atoms with Gasteiger partial charge in [0.1, 0.15) is 0 Å². The minimum Gasteiger partial charge on any atom is -0.338 e. The Bertz CT molecular complexity index is 818. The molecule has 9 nitrogen and oxygen atoms in total. The van der Waals surface area contributed by atoms with E-state index in [1.54, 1.807) is 18.5 Å². The van der Waals surface area contributed by atoms with E-state index in [1.165, 1.54) is 28.6 Å². The summed E-state index contributed by atoms with van der Waals surface area (Å²) in [6, 6.07) is 6.64. The molecule has 1 aromatic heterocycles. The number of nitro benzene ring substituents is 1. The van der Waals surface area contributed by atoms with Crippen molar-refractivity contribution in [1.29, 1.82) is 0 Å². The van der Waals surface area contributed by atoms with Crippen molar-refractivity contribution in [2.24, 2.45) is 0 Å². The molecule has 0 saturated carbocycles. The van der Waals surface area contributed by atoms with Crippen molar-refractivity contribution in [3.8, 4) is 0 Å². The molecule has 0 N–H and O–H groups in total. The van der Waals surface area contributed by atoms with Crippen molar-refractivity contribution in [1.82, 2.24) is 14.3 Å². The number of piperazine rings is 1. The second kappa shape index (κ2) is 6.49. The maximum atomic E-state index is 12.6. The zero-order chi connectivity index (χ0) is 17.2. The summed E-state index contributed by atoms with van der Waals surface area (Å²) in [7, 11) is -3.67. The molecule has 0 radical (unpaired) electrons. The number of hydrogen-bond donors (Lipinski definition) is 0.